The lowest BCUT2D eigenvalue weighted by Gasteiger charge is -2.35. The Balaban J connectivity index is 1.84. The van der Waals surface area contributed by atoms with E-state index in [2.05, 4.69) is 12.2 Å². The van der Waals surface area contributed by atoms with Gasteiger partial charge in [0.25, 0.3) is 0 Å². The van der Waals surface area contributed by atoms with E-state index in [1.165, 1.54) is 25.0 Å². The Morgan fingerprint density at radius 2 is 2.14 bits per heavy atom. The molecule has 0 heterocycles. The molecule has 2 rings (SSSR count). The van der Waals surface area contributed by atoms with Crippen LogP contribution in [0.2, 0.25) is 0 Å². The Kier molecular flexibility index (Phi) is 6.52. The van der Waals surface area contributed by atoms with Crippen LogP contribution < -0.4 is 5.32 Å². The zero-order valence-electron chi connectivity index (χ0n) is 12.8. The van der Waals surface area contributed by atoms with Gasteiger partial charge in [-0.05, 0) is 68.2 Å². The fourth-order valence-electron chi connectivity index (χ4n) is 3.29. The summed E-state index contributed by atoms with van der Waals surface area (Å²) < 4.78 is 12.9. The number of nitrogens with one attached hydrogen (secondary N) is 1. The highest BCUT2D eigenvalue weighted by Gasteiger charge is 2.41. The van der Waals surface area contributed by atoms with Crippen LogP contribution in [-0.2, 0) is 0 Å². The largest absolute Gasteiger partial charge is 0.394 e. The van der Waals surface area contributed by atoms with Crippen LogP contribution in [-0.4, -0.2) is 29.5 Å². The molecule has 21 heavy (non-hydrogen) atoms. The molecule has 1 aliphatic rings. The molecule has 1 fully saturated rings. The quantitative estimate of drug-likeness (QED) is 0.716. The Morgan fingerprint density at radius 3 is 2.81 bits per heavy atom. The lowest BCUT2D eigenvalue weighted by molar-refractivity contribution is 0.122. The number of aliphatic hydroxyl groups is 1. The maximum absolute atomic E-state index is 12.9. The van der Waals surface area contributed by atoms with E-state index in [0.29, 0.717) is 5.92 Å². The van der Waals surface area contributed by atoms with E-state index in [0.717, 1.165) is 36.5 Å². The third-order valence-electron chi connectivity index (χ3n) is 4.51. The van der Waals surface area contributed by atoms with Gasteiger partial charge < -0.3 is 10.4 Å². The van der Waals surface area contributed by atoms with Gasteiger partial charge in [-0.2, -0.15) is 0 Å². The summed E-state index contributed by atoms with van der Waals surface area (Å²) in [5, 5.41) is 13.4. The van der Waals surface area contributed by atoms with Crippen molar-refractivity contribution in [2.24, 2.45) is 5.92 Å². The first-order valence-corrected chi connectivity index (χ1v) is 8.93. The number of thioether (sulfide) groups is 1. The molecular formula is C17H26FNOS. The van der Waals surface area contributed by atoms with Crippen LogP contribution in [0.15, 0.2) is 29.2 Å². The van der Waals surface area contributed by atoms with E-state index in [9.17, 15) is 9.50 Å². The van der Waals surface area contributed by atoms with Gasteiger partial charge in [-0.25, -0.2) is 4.39 Å². The summed E-state index contributed by atoms with van der Waals surface area (Å²) in [6, 6.07) is 6.70. The van der Waals surface area contributed by atoms with Crippen molar-refractivity contribution in [3.63, 3.8) is 0 Å². The lowest BCUT2D eigenvalue weighted by Crippen LogP contribution is -2.51. The SMILES string of the molecule is CCCNC1(CO)CCCC1CCSc1ccc(F)cc1. The third-order valence-corrected chi connectivity index (χ3v) is 5.56. The van der Waals surface area contributed by atoms with Crippen molar-refractivity contribution in [3.05, 3.63) is 30.1 Å². The van der Waals surface area contributed by atoms with Crippen molar-refractivity contribution in [2.45, 2.75) is 49.5 Å². The van der Waals surface area contributed by atoms with Crippen molar-refractivity contribution >= 4 is 11.8 Å². The predicted molar refractivity (Wildman–Crippen MR) is 87.2 cm³/mol. The van der Waals surface area contributed by atoms with Crippen LogP contribution in [0, 0.1) is 11.7 Å². The summed E-state index contributed by atoms with van der Waals surface area (Å²) in [5.41, 5.74) is -0.0701. The first-order chi connectivity index (χ1) is 10.2. The first kappa shape index (κ1) is 16.8. The number of aliphatic hydroxyl groups excluding tert-OH is 1. The molecule has 1 aliphatic carbocycles. The molecule has 0 spiro atoms. The van der Waals surface area contributed by atoms with Crippen molar-refractivity contribution < 1.29 is 9.50 Å². The van der Waals surface area contributed by atoms with Gasteiger partial charge in [0.05, 0.1) is 6.61 Å². The summed E-state index contributed by atoms with van der Waals surface area (Å²) in [6.45, 7) is 3.37. The summed E-state index contributed by atoms with van der Waals surface area (Å²) in [5.74, 6) is 1.38. The topological polar surface area (TPSA) is 32.3 Å². The average Bonchev–Trinajstić information content (AvgIpc) is 2.91. The van der Waals surface area contributed by atoms with Gasteiger partial charge in [-0.3, -0.25) is 0 Å². The zero-order chi connectivity index (χ0) is 15.1. The summed E-state index contributed by atoms with van der Waals surface area (Å²) >= 11 is 1.77. The van der Waals surface area contributed by atoms with Crippen molar-refractivity contribution in [1.29, 1.82) is 0 Å². The van der Waals surface area contributed by atoms with E-state index in [1.807, 2.05) is 12.1 Å². The first-order valence-electron chi connectivity index (χ1n) is 7.94. The highest BCUT2D eigenvalue weighted by Crippen LogP contribution is 2.39. The summed E-state index contributed by atoms with van der Waals surface area (Å²) in [6.07, 6.45) is 5.66. The van der Waals surface area contributed by atoms with Crippen LogP contribution in [0.25, 0.3) is 0 Å². The van der Waals surface area contributed by atoms with Crippen molar-refractivity contribution in [1.82, 2.24) is 5.32 Å². The molecule has 4 heteroatoms. The lowest BCUT2D eigenvalue weighted by atomic mass is 9.85. The molecule has 0 radical (unpaired) electrons. The minimum Gasteiger partial charge on any atom is -0.394 e. The van der Waals surface area contributed by atoms with Crippen LogP contribution in [0.1, 0.15) is 39.0 Å². The molecule has 0 aromatic heterocycles. The maximum Gasteiger partial charge on any atom is 0.123 e. The van der Waals surface area contributed by atoms with Gasteiger partial charge in [0, 0.05) is 10.4 Å². The Morgan fingerprint density at radius 1 is 1.38 bits per heavy atom. The van der Waals surface area contributed by atoms with Gasteiger partial charge in [-0.15, -0.1) is 11.8 Å². The predicted octanol–water partition coefficient (Wildman–Crippen LogP) is 3.84. The number of rotatable bonds is 8. The van der Waals surface area contributed by atoms with Crippen molar-refractivity contribution in [3.8, 4) is 0 Å². The van der Waals surface area contributed by atoms with E-state index in [-0.39, 0.29) is 18.0 Å². The van der Waals surface area contributed by atoms with Crippen LogP contribution in [0.3, 0.4) is 0 Å². The van der Waals surface area contributed by atoms with E-state index >= 15 is 0 Å². The van der Waals surface area contributed by atoms with Gasteiger partial charge in [0.2, 0.25) is 0 Å². The second-order valence-electron chi connectivity index (χ2n) is 5.92. The minimum absolute atomic E-state index is 0.0701. The number of hydrogen-bond donors (Lipinski definition) is 2. The fourth-order valence-corrected chi connectivity index (χ4v) is 4.25. The highest BCUT2D eigenvalue weighted by molar-refractivity contribution is 7.99. The smallest absolute Gasteiger partial charge is 0.123 e. The number of hydrogen-bond acceptors (Lipinski definition) is 3. The zero-order valence-corrected chi connectivity index (χ0v) is 13.6. The molecule has 1 aromatic carbocycles. The standard InChI is InChI=1S/C17H26FNOS/c1-2-11-19-17(13-20)10-3-4-14(17)9-12-21-16-7-5-15(18)6-8-16/h5-8,14,19-20H,2-4,9-13H2,1H3. The molecule has 0 aliphatic heterocycles. The monoisotopic (exact) mass is 311 g/mol. The van der Waals surface area contributed by atoms with Crippen LogP contribution in [0.4, 0.5) is 4.39 Å². The second kappa shape index (κ2) is 8.16. The molecule has 1 aromatic rings. The fraction of sp³-hybridized carbons (Fsp3) is 0.647. The Bertz CT molecular complexity index is 425. The van der Waals surface area contributed by atoms with Gasteiger partial charge >= 0.3 is 0 Å². The van der Waals surface area contributed by atoms with Gasteiger partial charge in [-0.1, -0.05) is 13.3 Å². The Labute approximate surface area is 131 Å². The molecule has 0 bridgehead atoms. The molecule has 2 N–H and O–H groups in total. The van der Waals surface area contributed by atoms with E-state index in [1.54, 1.807) is 11.8 Å². The van der Waals surface area contributed by atoms with Gasteiger partial charge in [0.1, 0.15) is 5.82 Å². The molecule has 2 unspecified atom stereocenters. The van der Waals surface area contributed by atoms with E-state index in [4.69, 9.17) is 0 Å². The molecule has 0 amide bonds. The highest BCUT2D eigenvalue weighted by atomic mass is 32.2. The number of benzene rings is 1. The van der Waals surface area contributed by atoms with Crippen LogP contribution in [0.5, 0.6) is 0 Å². The van der Waals surface area contributed by atoms with Gasteiger partial charge in [0.15, 0.2) is 0 Å². The summed E-state index contributed by atoms with van der Waals surface area (Å²) in [7, 11) is 0. The molecule has 118 valence electrons. The molecule has 2 nitrogen and oxygen atoms in total. The third kappa shape index (κ3) is 4.44. The van der Waals surface area contributed by atoms with Crippen molar-refractivity contribution in [2.75, 3.05) is 18.9 Å². The molecular weight excluding hydrogens is 285 g/mol. The minimum atomic E-state index is -0.182. The van der Waals surface area contributed by atoms with Crippen LogP contribution >= 0.6 is 11.8 Å². The summed E-state index contributed by atoms with van der Waals surface area (Å²) in [4.78, 5) is 1.12. The molecule has 1 saturated carbocycles. The van der Waals surface area contributed by atoms with E-state index < -0.39 is 0 Å². The maximum atomic E-state index is 12.9. The molecule has 0 saturated heterocycles. The second-order valence-corrected chi connectivity index (χ2v) is 7.09. The normalized spacial score (nSPS) is 25.4. The number of halogens is 1. The average molecular weight is 311 g/mol. The molecule has 2 atom stereocenters. The Hall–Kier alpha value is -0.580.